The van der Waals surface area contributed by atoms with Gasteiger partial charge in [-0.15, -0.1) is 0 Å². The van der Waals surface area contributed by atoms with E-state index in [2.05, 4.69) is 0 Å². The van der Waals surface area contributed by atoms with Gasteiger partial charge in [0.2, 0.25) is 5.91 Å². The van der Waals surface area contributed by atoms with Crippen molar-refractivity contribution in [2.24, 2.45) is 5.92 Å². The zero-order chi connectivity index (χ0) is 10.9. The minimum absolute atomic E-state index is 0.114. The summed E-state index contributed by atoms with van der Waals surface area (Å²) in [5.41, 5.74) is 0. The highest BCUT2D eigenvalue weighted by atomic mass is 16.7. The highest BCUT2D eigenvalue weighted by Crippen LogP contribution is 2.42. The molecule has 1 saturated carbocycles. The largest absolute Gasteiger partial charge is 0.353 e. The molecular formula is C11H19NO3. The number of likely N-dealkylation sites (tertiary alicyclic amines) is 1. The third-order valence-corrected chi connectivity index (χ3v) is 3.63. The monoisotopic (exact) mass is 213 g/mol. The second-order valence-corrected chi connectivity index (χ2v) is 4.46. The molecule has 2 aliphatic rings. The fourth-order valence-corrected chi connectivity index (χ4v) is 2.48. The van der Waals surface area contributed by atoms with E-state index in [0.29, 0.717) is 12.8 Å². The summed E-state index contributed by atoms with van der Waals surface area (Å²) in [6, 6.07) is 0. The van der Waals surface area contributed by atoms with Crippen LogP contribution >= 0.6 is 0 Å². The molecule has 15 heavy (non-hydrogen) atoms. The smallest absolute Gasteiger partial charge is 0.226 e. The fourth-order valence-electron chi connectivity index (χ4n) is 2.48. The maximum atomic E-state index is 12.0. The Morgan fingerprint density at radius 1 is 1.20 bits per heavy atom. The fraction of sp³-hybridized carbons (Fsp3) is 0.909. The van der Waals surface area contributed by atoms with Crippen molar-refractivity contribution in [1.29, 1.82) is 0 Å². The standard InChI is InChI=1S/C11H19NO3/c1-14-11(15-2)7-9(8-11)10(13)12-5-3-4-6-12/h9H,3-8H2,1-2H3. The third kappa shape index (κ3) is 1.88. The van der Waals surface area contributed by atoms with E-state index in [1.807, 2.05) is 4.90 Å². The van der Waals surface area contributed by atoms with Crippen molar-refractivity contribution in [3.05, 3.63) is 0 Å². The van der Waals surface area contributed by atoms with E-state index in [4.69, 9.17) is 9.47 Å². The molecule has 4 heteroatoms. The van der Waals surface area contributed by atoms with Crippen molar-refractivity contribution in [3.63, 3.8) is 0 Å². The second-order valence-electron chi connectivity index (χ2n) is 4.46. The van der Waals surface area contributed by atoms with Crippen LogP contribution in [0.1, 0.15) is 25.7 Å². The van der Waals surface area contributed by atoms with Gasteiger partial charge in [-0.3, -0.25) is 4.79 Å². The van der Waals surface area contributed by atoms with Crippen molar-refractivity contribution in [3.8, 4) is 0 Å². The van der Waals surface area contributed by atoms with Crippen LogP contribution in [0.15, 0.2) is 0 Å². The number of rotatable bonds is 3. The molecule has 0 unspecified atom stereocenters. The predicted octanol–water partition coefficient (Wildman–Crippen LogP) is 1.01. The molecule has 86 valence electrons. The van der Waals surface area contributed by atoms with Gasteiger partial charge in [0.1, 0.15) is 0 Å². The zero-order valence-corrected chi connectivity index (χ0v) is 9.49. The molecular weight excluding hydrogens is 194 g/mol. The van der Waals surface area contributed by atoms with E-state index in [0.717, 1.165) is 25.9 Å². The molecule has 0 radical (unpaired) electrons. The molecule has 0 spiro atoms. The van der Waals surface area contributed by atoms with Crippen molar-refractivity contribution in [2.75, 3.05) is 27.3 Å². The third-order valence-electron chi connectivity index (χ3n) is 3.63. The lowest BCUT2D eigenvalue weighted by molar-refractivity contribution is -0.268. The van der Waals surface area contributed by atoms with Gasteiger partial charge in [0.15, 0.2) is 5.79 Å². The van der Waals surface area contributed by atoms with E-state index in [9.17, 15) is 4.79 Å². The van der Waals surface area contributed by atoms with E-state index < -0.39 is 5.79 Å². The highest BCUT2D eigenvalue weighted by Gasteiger charge is 2.49. The van der Waals surface area contributed by atoms with Crippen LogP contribution in [0.3, 0.4) is 0 Å². The molecule has 1 saturated heterocycles. The average Bonchev–Trinajstić information content (AvgIpc) is 2.70. The summed E-state index contributed by atoms with van der Waals surface area (Å²) < 4.78 is 10.5. The Morgan fingerprint density at radius 3 is 2.20 bits per heavy atom. The maximum absolute atomic E-state index is 12.0. The number of hydrogen-bond acceptors (Lipinski definition) is 3. The molecule has 4 nitrogen and oxygen atoms in total. The summed E-state index contributed by atoms with van der Waals surface area (Å²) in [4.78, 5) is 13.9. The first-order chi connectivity index (χ1) is 7.21. The Labute approximate surface area is 90.5 Å². The SMILES string of the molecule is COC1(OC)CC(C(=O)N2CCCC2)C1. The van der Waals surface area contributed by atoms with Crippen LogP contribution in [0.4, 0.5) is 0 Å². The lowest BCUT2D eigenvalue weighted by Crippen LogP contribution is -2.52. The van der Waals surface area contributed by atoms with E-state index in [1.165, 1.54) is 0 Å². The molecule has 0 aromatic carbocycles. The van der Waals surface area contributed by atoms with E-state index in [-0.39, 0.29) is 11.8 Å². The Hall–Kier alpha value is -0.610. The Balaban J connectivity index is 1.85. The van der Waals surface area contributed by atoms with Gasteiger partial charge in [-0.2, -0.15) is 0 Å². The summed E-state index contributed by atoms with van der Waals surface area (Å²) in [7, 11) is 3.28. The molecule has 2 rings (SSSR count). The molecule has 1 aliphatic carbocycles. The Bertz CT molecular complexity index is 236. The van der Waals surface area contributed by atoms with Crippen LogP contribution in [0.2, 0.25) is 0 Å². The second kappa shape index (κ2) is 4.10. The summed E-state index contributed by atoms with van der Waals surface area (Å²) in [6.45, 7) is 1.87. The molecule has 0 bridgehead atoms. The van der Waals surface area contributed by atoms with Gasteiger partial charge < -0.3 is 14.4 Å². The lowest BCUT2D eigenvalue weighted by Gasteiger charge is -2.45. The molecule has 1 heterocycles. The van der Waals surface area contributed by atoms with Gasteiger partial charge in [0, 0.05) is 46.1 Å². The summed E-state index contributed by atoms with van der Waals surface area (Å²) in [5, 5.41) is 0. The highest BCUT2D eigenvalue weighted by molar-refractivity contribution is 5.80. The first kappa shape index (κ1) is 10.9. The first-order valence-corrected chi connectivity index (χ1v) is 5.60. The normalized spacial score (nSPS) is 25.3. The van der Waals surface area contributed by atoms with Gasteiger partial charge in [-0.05, 0) is 12.8 Å². The number of nitrogens with zero attached hydrogens (tertiary/aromatic N) is 1. The molecule has 0 aromatic heterocycles. The van der Waals surface area contributed by atoms with Crippen LogP contribution < -0.4 is 0 Å². The van der Waals surface area contributed by atoms with Crippen LogP contribution in [0.25, 0.3) is 0 Å². The van der Waals surface area contributed by atoms with Crippen LogP contribution in [-0.4, -0.2) is 43.9 Å². The zero-order valence-electron chi connectivity index (χ0n) is 9.49. The van der Waals surface area contributed by atoms with Crippen molar-refractivity contribution in [2.45, 2.75) is 31.5 Å². The van der Waals surface area contributed by atoms with Gasteiger partial charge in [0.05, 0.1) is 0 Å². The van der Waals surface area contributed by atoms with Crippen molar-refractivity contribution < 1.29 is 14.3 Å². The summed E-state index contributed by atoms with van der Waals surface area (Å²) in [5.74, 6) is -0.0831. The van der Waals surface area contributed by atoms with Crippen LogP contribution in [0.5, 0.6) is 0 Å². The average molecular weight is 213 g/mol. The first-order valence-electron chi connectivity index (χ1n) is 5.60. The van der Waals surface area contributed by atoms with Crippen molar-refractivity contribution >= 4 is 5.91 Å². The Morgan fingerprint density at radius 2 is 1.73 bits per heavy atom. The molecule has 0 N–H and O–H groups in total. The number of amides is 1. The molecule has 1 amide bonds. The van der Waals surface area contributed by atoms with Crippen LogP contribution in [0, 0.1) is 5.92 Å². The topological polar surface area (TPSA) is 38.8 Å². The molecule has 1 aliphatic heterocycles. The minimum Gasteiger partial charge on any atom is -0.353 e. The minimum atomic E-state index is -0.486. The molecule has 0 atom stereocenters. The number of carbonyl (C=O) groups excluding carboxylic acids is 1. The number of ether oxygens (including phenoxy) is 2. The molecule has 0 aromatic rings. The number of methoxy groups -OCH3 is 2. The van der Waals surface area contributed by atoms with Gasteiger partial charge >= 0.3 is 0 Å². The maximum Gasteiger partial charge on any atom is 0.226 e. The summed E-state index contributed by atoms with van der Waals surface area (Å²) >= 11 is 0. The van der Waals surface area contributed by atoms with Gasteiger partial charge in [-0.25, -0.2) is 0 Å². The van der Waals surface area contributed by atoms with Crippen molar-refractivity contribution in [1.82, 2.24) is 4.90 Å². The summed E-state index contributed by atoms with van der Waals surface area (Å²) in [6.07, 6.45) is 3.71. The predicted molar refractivity (Wildman–Crippen MR) is 55.3 cm³/mol. The quantitative estimate of drug-likeness (QED) is 0.657. The number of hydrogen-bond donors (Lipinski definition) is 0. The lowest BCUT2D eigenvalue weighted by atomic mass is 9.77. The number of carbonyl (C=O) groups is 1. The Kier molecular flexibility index (Phi) is 2.98. The van der Waals surface area contributed by atoms with E-state index >= 15 is 0 Å². The van der Waals surface area contributed by atoms with Gasteiger partial charge in [-0.1, -0.05) is 0 Å². The van der Waals surface area contributed by atoms with Crippen LogP contribution in [-0.2, 0) is 14.3 Å². The molecule has 2 fully saturated rings. The van der Waals surface area contributed by atoms with E-state index in [1.54, 1.807) is 14.2 Å². The van der Waals surface area contributed by atoms with Gasteiger partial charge in [0.25, 0.3) is 0 Å².